The highest BCUT2D eigenvalue weighted by atomic mass is 35.5. The van der Waals surface area contributed by atoms with Gasteiger partial charge >= 0.3 is 0 Å². The van der Waals surface area contributed by atoms with E-state index in [4.69, 9.17) is 11.6 Å². The third kappa shape index (κ3) is 3.05. The van der Waals surface area contributed by atoms with E-state index in [-0.39, 0.29) is 0 Å². The van der Waals surface area contributed by atoms with Crippen molar-refractivity contribution in [2.24, 2.45) is 0 Å². The molecule has 0 spiro atoms. The Bertz CT molecular complexity index is 522. The highest BCUT2D eigenvalue weighted by molar-refractivity contribution is 7.10. The highest BCUT2D eigenvalue weighted by Crippen LogP contribution is 2.24. The molecule has 100 valence electrons. The van der Waals surface area contributed by atoms with Gasteiger partial charge in [-0.3, -0.25) is 9.88 Å². The minimum atomic E-state index is 0.890. The van der Waals surface area contributed by atoms with Crippen LogP contribution in [0.15, 0.2) is 30.0 Å². The summed E-state index contributed by atoms with van der Waals surface area (Å²) in [6, 6.07) is 1.97. The zero-order valence-electron chi connectivity index (χ0n) is 10.5. The van der Waals surface area contributed by atoms with Crippen molar-refractivity contribution in [3.8, 4) is 0 Å². The van der Waals surface area contributed by atoms with Crippen molar-refractivity contribution in [1.82, 2.24) is 14.9 Å². The summed E-state index contributed by atoms with van der Waals surface area (Å²) in [6.07, 6.45) is 5.28. The topological polar surface area (TPSA) is 32.3 Å². The molecule has 1 saturated heterocycles. The lowest BCUT2D eigenvalue weighted by Crippen LogP contribution is -2.46. The molecule has 0 saturated carbocycles. The van der Waals surface area contributed by atoms with Gasteiger partial charge in [-0.15, -0.1) is 11.3 Å². The van der Waals surface area contributed by atoms with Crippen molar-refractivity contribution in [3.05, 3.63) is 39.9 Å². The maximum Gasteiger partial charge on any atom is 0.147 e. The minimum absolute atomic E-state index is 0.890. The van der Waals surface area contributed by atoms with Crippen LogP contribution in [0.4, 0.5) is 5.82 Å². The molecule has 0 amide bonds. The first-order valence-electron chi connectivity index (χ1n) is 6.28. The van der Waals surface area contributed by atoms with Crippen molar-refractivity contribution >= 4 is 28.8 Å². The maximum absolute atomic E-state index is 6.14. The van der Waals surface area contributed by atoms with Gasteiger partial charge in [-0.05, 0) is 11.4 Å². The average molecular weight is 295 g/mol. The summed E-state index contributed by atoms with van der Waals surface area (Å²) in [5.41, 5.74) is 0. The summed E-state index contributed by atoms with van der Waals surface area (Å²) < 4.78 is 0. The summed E-state index contributed by atoms with van der Waals surface area (Å²) in [4.78, 5) is 14.4. The van der Waals surface area contributed by atoms with Crippen LogP contribution >= 0.6 is 22.9 Å². The first kappa shape index (κ1) is 12.8. The zero-order chi connectivity index (χ0) is 13.1. The van der Waals surface area contributed by atoms with E-state index in [1.54, 1.807) is 23.7 Å². The zero-order valence-corrected chi connectivity index (χ0v) is 12.1. The number of rotatable bonds is 3. The van der Waals surface area contributed by atoms with E-state index < -0.39 is 0 Å². The Morgan fingerprint density at radius 2 is 2.05 bits per heavy atom. The molecule has 0 N–H and O–H groups in total. The van der Waals surface area contributed by atoms with Crippen LogP contribution < -0.4 is 4.90 Å². The average Bonchev–Trinajstić information content (AvgIpc) is 2.86. The van der Waals surface area contributed by atoms with Gasteiger partial charge in [0.25, 0.3) is 0 Å². The lowest BCUT2D eigenvalue weighted by atomic mass is 10.3. The van der Waals surface area contributed by atoms with E-state index in [1.807, 2.05) is 17.6 Å². The molecule has 3 heterocycles. The lowest BCUT2D eigenvalue weighted by molar-refractivity contribution is 0.251. The minimum Gasteiger partial charge on any atom is -0.353 e. The standard InChI is InChI=1S/C13H15ClN4S/c14-11-1-8-19-12(11)10-17-4-6-18(7-5-17)13-9-15-2-3-16-13/h1-3,8-9H,4-7,10H2. The van der Waals surface area contributed by atoms with E-state index in [0.717, 1.165) is 43.6 Å². The second-order valence-corrected chi connectivity index (χ2v) is 5.93. The lowest BCUT2D eigenvalue weighted by Gasteiger charge is -2.35. The predicted molar refractivity (Wildman–Crippen MR) is 78.9 cm³/mol. The van der Waals surface area contributed by atoms with Crippen molar-refractivity contribution in [2.75, 3.05) is 31.1 Å². The molecule has 0 radical (unpaired) electrons. The first-order valence-corrected chi connectivity index (χ1v) is 7.54. The van der Waals surface area contributed by atoms with Crippen LogP contribution in [0.2, 0.25) is 5.02 Å². The molecule has 0 atom stereocenters. The van der Waals surface area contributed by atoms with Crippen molar-refractivity contribution in [1.29, 1.82) is 0 Å². The van der Waals surface area contributed by atoms with Gasteiger partial charge in [0, 0.05) is 50.0 Å². The van der Waals surface area contributed by atoms with Crippen LogP contribution in [-0.4, -0.2) is 41.0 Å². The van der Waals surface area contributed by atoms with Gasteiger partial charge in [-0.25, -0.2) is 4.98 Å². The molecule has 0 aliphatic carbocycles. The quantitative estimate of drug-likeness (QED) is 0.871. The molecule has 6 heteroatoms. The molecule has 1 fully saturated rings. The number of halogens is 1. The van der Waals surface area contributed by atoms with Crippen molar-refractivity contribution in [3.63, 3.8) is 0 Å². The predicted octanol–water partition coefficient (Wildman–Crippen LogP) is 2.51. The van der Waals surface area contributed by atoms with Gasteiger partial charge < -0.3 is 4.90 Å². The Morgan fingerprint density at radius 1 is 1.21 bits per heavy atom. The van der Waals surface area contributed by atoms with Crippen molar-refractivity contribution < 1.29 is 0 Å². The molecule has 2 aromatic heterocycles. The third-order valence-electron chi connectivity index (χ3n) is 3.30. The Balaban J connectivity index is 1.57. The van der Waals surface area contributed by atoms with E-state index in [0.29, 0.717) is 0 Å². The number of nitrogens with zero attached hydrogens (tertiary/aromatic N) is 4. The maximum atomic E-state index is 6.14. The monoisotopic (exact) mass is 294 g/mol. The van der Waals surface area contributed by atoms with Crippen LogP contribution in [0.25, 0.3) is 0 Å². The number of aromatic nitrogens is 2. The SMILES string of the molecule is Clc1ccsc1CN1CCN(c2cnccn2)CC1. The van der Waals surface area contributed by atoms with Gasteiger partial charge in [0.2, 0.25) is 0 Å². The molecule has 4 nitrogen and oxygen atoms in total. The second kappa shape index (κ2) is 5.86. The van der Waals surface area contributed by atoms with E-state index in [2.05, 4.69) is 19.8 Å². The smallest absolute Gasteiger partial charge is 0.147 e. The van der Waals surface area contributed by atoms with E-state index in [1.165, 1.54) is 4.88 Å². The van der Waals surface area contributed by atoms with Crippen LogP contribution in [0, 0.1) is 0 Å². The largest absolute Gasteiger partial charge is 0.353 e. The third-order valence-corrected chi connectivity index (χ3v) is 4.68. The fourth-order valence-electron chi connectivity index (χ4n) is 2.23. The van der Waals surface area contributed by atoms with Gasteiger partial charge in [0.05, 0.1) is 11.2 Å². The van der Waals surface area contributed by atoms with E-state index in [9.17, 15) is 0 Å². The number of anilines is 1. The molecule has 0 unspecified atom stereocenters. The van der Waals surface area contributed by atoms with Gasteiger partial charge in [0.1, 0.15) is 5.82 Å². The summed E-state index contributed by atoms with van der Waals surface area (Å²) in [6.45, 7) is 4.99. The van der Waals surface area contributed by atoms with Crippen LogP contribution in [-0.2, 0) is 6.54 Å². The Kier molecular flexibility index (Phi) is 3.96. The first-order chi connectivity index (χ1) is 9.33. The molecule has 1 aliphatic heterocycles. The normalized spacial score (nSPS) is 16.8. The van der Waals surface area contributed by atoms with Gasteiger partial charge in [0.15, 0.2) is 0 Å². The molecule has 0 aromatic carbocycles. The van der Waals surface area contributed by atoms with Crippen LogP contribution in [0.5, 0.6) is 0 Å². The Morgan fingerprint density at radius 3 is 2.68 bits per heavy atom. The summed E-state index contributed by atoms with van der Waals surface area (Å²) >= 11 is 7.87. The molecule has 1 aliphatic rings. The molecular formula is C13H15ClN4S. The Hall–Kier alpha value is -1.17. The van der Waals surface area contributed by atoms with Crippen LogP contribution in [0.3, 0.4) is 0 Å². The summed E-state index contributed by atoms with van der Waals surface area (Å²) in [5, 5.41) is 2.94. The molecule has 2 aromatic rings. The van der Waals surface area contributed by atoms with Crippen molar-refractivity contribution in [2.45, 2.75) is 6.54 Å². The molecular weight excluding hydrogens is 280 g/mol. The highest BCUT2D eigenvalue weighted by Gasteiger charge is 2.19. The molecule has 3 rings (SSSR count). The Labute approximate surface area is 121 Å². The summed E-state index contributed by atoms with van der Waals surface area (Å²) in [5.74, 6) is 0.969. The van der Waals surface area contributed by atoms with E-state index >= 15 is 0 Å². The second-order valence-electron chi connectivity index (χ2n) is 4.52. The molecule has 19 heavy (non-hydrogen) atoms. The van der Waals surface area contributed by atoms with Gasteiger partial charge in [-0.1, -0.05) is 11.6 Å². The number of piperazine rings is 1. The number of hydrogen-bond donors (Lipinski definition) is 0. The molecule has 0 bridgehead atoms. The summed E-state index contributed by atoms with van der Waals surface area (Å²) in [7, 11) is 0. The fourth-order valence-corrected chi connectivity index (χ4v) is 3.37. The van der Waals surface area contributed by atoms with Crippen LogP contribution in [0.1, 0.15) is 4.88 Å². The fraction of sp³-hybridized carbons (Fsp3) is 0.385. The number of thiophene rings is 1. The number of hydrogen-bond acceptors (Lipinski definition) is 5. The van der Waals surface area contributed by atoms with Gasteiger partial charge in [-0.2, -0.15) is 0 Å².